The average Bonchev–Trinajstić information content (AvgIpc) is 2.46. The van der Waals surface area contributed by atoms with E-state index >= 15 is 0 Å². The topological polar surface area (TPSA) is 70.4 Å². The summed E-state index contributed by atoms with van der Waals surface area (Å²) >= 11 is 0. The third-order valence-electron chi connectivity index (χ3n) is 2.67. The zero-order valence-electron chi connectivity index (χ0n) is 10.5. The van der Waals surface area contributed by atoms with Crippen molar-refractivity contribution in [3.05, 3.63) is 71.6 Å². The van der Waals surface area contributed by atoms with Crippen LogP contribution in [0.3, 0.4) is 0 Å². The zero-order valence-corrected chi connectivity index (χ0v) is 11.3. The molecule has 0 aliphatic heterocycles. The van der Waals surface area contributed by atoms with Gasteiger partial charge in [-0.25, -0.2) is 4.79 Å². The van der Waals surface area contributed by atoms with Crippen LogP contribution in [0.2, 0.25) is 0 Å². The summed E-state index contributed by atoms with van der Waals surface area (Å²) in [5.41, 5.74) is 2.22. The number of aliphatic carboxylic acids is 1. The lowest BCUT2D eigenvalue weighted by atomic mass is 10.0. The number of carboxylic acids is 1. The molecule has 2 aromatic rings. The normalized spacial score (nSPS) is 11.8. The van der Waals surface area contributed by atoms with Crippen molar-refractivity contribution in [2.24, 2.45) is 0 Å². The minimum absolute atomic E-state index is 0. The Morgan fingerprint density at radius 2 is 1.85 bits per heavy atom. The van der Waals surface area contributed by atoms with E-state index in [-0.39, 0.29) is 12.4 Å². The number of aliphatic hydroxyl groups is 1. The Hall–Kier alpha value is -2.17. The van der Waals surface area contributed by atoms with E-state index in [1.807, 2.05) is 0 Å². The Labute approximate surface area is 122 Å². The maximum Gasteiger partial charge on any atom is 0.328 e. The second-order valence-electron chi connectivity index (χ2n) is 4.03. The fourth-order valence-electron chi connectivity index (χ4n) is 1.69. The van der Waals surface area contributed by atoms with Gasteiger partial charge in [0.1, 0.15) is 6.10 Å². The van der Waals surface area contributed by atoms with Gasteiger partial charge in [-0.2, -0.15) is 0 Å². The van der Waals surface area contributed by atoms with Gasteiger partial charge in [-0.15, -0.1) is 12.4 Å². The molecule has 0 bridgehead atoms. The molecule has 20 heavy (non-hydrogen) atoms. The van der Waals surface area contributed by atoms with Gasteiger partial charge in [-0.1, -0.05) is 30.3 Å². The summed E-state index contributed by atoms with van der Waals surface area (Å²) in [6.45, 7) is 0. The number of halogens is 1. The molecule has 0 spiro atoms. The summed E-state index contributed by atoms with van der Waals surface area (Å²) in [6, 6.07) is 10.6. The number of aliphatic hydroxyl groups excluding tert-OH is 1. The highest BCUT2D eigenvalue weighted by molar-refractivity contribution is 5.85. The molecule has 0 radical (unpaired) electrons. The summed E-state index contributed by atoms with van der Waals surface area (Å²) in [5.74, 6) is -0.987. The number of hydrogen-bond acceptors (Lipinski definition) is 3. The van der Waals surface area contributed by atoms with Crippen LogP contribution in [0.15, 0.2) is 54.9 Å². The zero-order chi connectivity index (χ0) is 13.7. The van der Waals surface area contributed by atoms with Gasteiger partial charge in [0.25, 0.3) is 0 Å². The molecule has 2 rings (SSSR count). The molecular formula is C15H14ClNO3. The molecule has 104 valence electrons. The van der Waals surface area contributed by atoms with Gasteiger partial charge in [0.2, 0.25) is 0 Å². The molecule has 2 N–H and O–H groups in total. The third-order valence-corrected chi connectivity index (χ3v) is 2.67. The van der Waals surface area contributed by atoms with Gasteiger partial charge in [-0.3, -0.25) is 4.98 Å². The van der Waals surface area contributed by atoms with E-state index in [4.69, 9.17) is 5.11 Å². The van der Waals surface area contributed by atoms with Crippen LogP contribution in [-0.2, 0) is 4.79 Å². The smallest absolute Gasteiger partial charge is 0.328 e. The first kappa shape index (κ1) is 15.9. The lowest BCUT2D eigenvalue weighted by Gasteiger charge is -2.10. The maximum absolute atomic E-state index is 10.4. The van der Waals surface area contributed by atoms with Crippen molar-refractivity contribution < 1.29 is 15.0 Å². The molecule has 0 saturated heterocycles. The molecule has 0 aliphatic rings. The number of hydrogen-bond donors (Lipinski definition) is 2. The Kier molecular flexibility index (Phi) is 5.90. The van der Waals surface area contributed by atoms with Gasteiger partial charge in [0.05, 0.1) is 0 Å². The van der Waals surface area contributed by atoms with E-state index in [1.165, 1.54) is 6.08 Å². The van der Waals surface area contributed by atoms with Crippen molar-refractivity contribution in [2.45, 2.75) is 6.10 Å². The maximum atomic E-state index is 10.4. The fraction of sp³-hybridized carbons (Fsp3) is 0.0667. The number of nitrogens with zero attached hydrogens (tertiary/aromatic N) is 1. The van der Waals surface area contributed by atoms with Crippen LogP contribution in [0.5, 0.6) is 0 Å². The van der Waals surface area contributed by atoms with Crippen molar-refractivity contribution in [3.63, 3.8) is 0 Å². The standard InChI is InChI=1S/C15H13NO3.ClH/c17-14(18)8-5-11-3-6-12(7-4-11)15(19)13-2-1-9-16-10-13;/h1-10,15,19H,(H,17,18);1H. The van der Waals surface area contributed by atoms with Gasteiger partial charge < -0.3 is 10.2 Å². The van der Waals surface area contributed by atoms with Crippen molar-refractivity contribution in [2.75, 3.05) is 0 Å². The van der Waals surface area contributed by atoms with Gasteiger partial charge in [0.15, 0.2) is 0 Å². The first-order chi connectivity index (χ1) is 9.16. The largest absolute Gasteiger partial charge is 0.478 e. The molecule has 4 nitrogen and oxygen atoms in total. The van der Waals surface area contributed by atoms with Crippen molar-refractivity contribution >= 4 is 24.5 Å². The van der Waals surface area contributed by atoms with Gasteiger partial charge >= 0.3 is 5.97 Å². The average molecular weight is 292 g/mol. The molecule has 1 aromatic carbocycles. The Morgan fingerprint density at radius 3 is 2.40 bits per heavy atom. The first-order valence-electron chi connectivity index (χ1n) is 5.76. The highest BCUT2D eigenvalue weighted by Gasteiger charge is 2.09. The minimum atomic E-state index is -0.987. The summed E-state index contributed by atoms with van der Waals surface area (Å²) in [6.07, 6.45) is 5.11. The van der Waals surface area contributed by atoms with Crippen LogP contribution in [-0.4, -0.2) is 21.2 Å². The molecule has 1 unspecified atom stereocenters. The summed E-state index contributed by atoms with van der Waals surface area (Å²) in [5, 5.41) is 18.7. The number of benzene rings is 1. The molecule has 1 atom stereocenters. The van der Waals surface area contributed by atoms with Gasteiger partial charge in [-0.05, 0) is 23.3 Å². The van der Waals surface area contributed by atoms with Crippen LogP contribution >= 0.6 is 12.4 Å². The molecule has 0 fully saturated rings. The molecular weight excluding hydrogens is 278 g/mol. The summed E-state index contributed by atoms with van der Waals surface area (Å²) in [4.78, 5) is 14.4. The van der Waals surface area contributed by atoms with Crippen LogP contribution in [0.25, 0.3) is 6.08 Å². The van der Waals surface area contributed by atoms with E-state index in [0.717, 1.165) is 22.8 Å². The molecule has 1 aromatic heterocycles. The number of rotatable bonds is 4. The van der Waals surface area contributed by atoms with Crippen molar-refractivity contribution in [3.8, 4) is 0 Å². The monoisotopic (exact) mass is 291 g/mol. The summed E-state index contributed by atoms with van der Waals surface area (Å²) < 4.78 is 0. The predicted octanol–water partition coefficient (Wildman–Crippen LogP) is 2.68. The lowest BCUT2D eigenvalue weighted by Crippen LogP contribution is -1.99. The molecule has 1 heterocycles. The highest BCUT2D eigenvalue weighted by Crippen LogP contribution is 2.21. The number of carbonyl (C=O) groups is 1. The second-order valence-corrected chi connectivity index (χ2v) is 4.03. The van der Waals surface area contributed by atoms with Crippen LogP contribution in [0.1, 0.15) is 22.8 Å². The highest BCUT2D eigenvalue weighted by atomic mass is 35.5. The Balaban J connectivity index is 0.00000200. The third kappa shape index (κ3) is 4.19. The minimum Gasteiger partial charge on any atom is -0.478 e. The van der Waals surface area contributed by atoms with E-state index < -0.39 is 12.1 Å². The Bertz CT molecular complexity index is 582. The lowest BCUT2D eigenvalue weighted by molar-refractivity contribution is -0.131. The summed E-state index contributed by atoms with van der Waals surface area (Å²) in [7, 11) is 0. The number of carboxylic acid groups (broad SMARTS) is 1. The van der Waals surface area contributed by atoms with E-state index in [0.29, 0.717) is 0 Å². The quantitative estimate of drug-likeness (QED) is 0.850. The Morgan fingerprint density at radius 1 is 1.15 bits per heavy atom. The van der Waals surface area contributed by atoms with Crippen LogP contribution < -0.4 is 0 Å². The fourth-order valence-corrected chi connectivity index (χ4v) is 1.69. The predicted molar refractivity (Wildman–Crippen MR) is 78.7 cm³/mol. The van der Waals surface area contributed by atoms with Crippen LogP contribution in [0.4, 0.5) is 0 Å². The van der Waals surface area contributed by atoms with E-state index in [2.05, 4.69) is 4.98 Å². The molecule has 0 saturated carbocycles. The SMILES string of the molecule is Cl.O=C(O)C=Cc1ccc(C(O)c2cccnc2)cc1. The second kappa shape index (κ2) is 7.43. The van der Waals surface area contributed by atoms with E-state index in [1.54, 1.807) is 48.8 Å². The van der Waals surface area contributed by atoms with E-state index in [9.17, 15) is 9.90 Å². The van der Waals surface area contributed by atoms with Crippen LogP contribution in [0, 0.1) is 0 Å². The number of aromatic nitrogens is 1. The number of pyridine rings is 1. The molecule has 5 heteroatoms. The van der Waals surface area contributed by atoms with Gasteiger partial charge in [0, 0.05) is 24.0 Å². The van der Waals surface area contributed by atoms with Crippen molar-refractivity contribution in [1.29, 1.82) is 0 Å². The molecule has 0 aliphatic carbocycles. The molecule has 0 amide bonds. The van der Waals surface area contributed by atoms with Crippen molar-refractivity contribution in [1.82, 2.24) is 4.98 Å². The first-order valence-corrected chi connectivity index (χ1v) is 5.76.